The van der Waals surface area contributed by atoms with E-state index in [1.54, 1.807) is 12.4 Å². The van der Waals surface area contributed by atoms with E-state index in [2.05, 4.69) is 15.0 Å². The first-order valence-corrected chi connectivity index (χ1v) is 5.15. The molecule has 0 saturated heterocycles. The molecule has 1 aromatic carbocycles. The van der Waals surface area contributed by atoms with Crippen molar-refractivity contribution in [3.05, 3.63) is 34.7 Å². The molecule has 3 aromatic rings. The van der Waals surface area contributed by atoms with E-state index in [1.807, 2.05) is 12.1 Å². The Morgan fingerprint density at radius 1 is 1.27 bits per heavy atom. The number of hydrogen-bond acceptors (Lipinski definition) is 1. The molecule has 2 N–H and O–H groups in total. The molecule has 0 fully saturated rings. The standard InChI is InChI=1S/C10H5Cl2N3/c11-5-1-2-7-6(3-5)8-9(10(12)15-7)14-4-13-8/h1-4H,(H,13,14)/p+1. The molecule has 15 heavy (non-hydrogen) atoms. The molecule has 0 unspecified atom stereocenters. The van der Waals surface area contributed by atoms with Gasteiger partial charge < -0.3 is 0 Å². The van der Waals surface area contributed by atoms with Crippen molar-refractivity contribution in [3.63, 3.8) is 0 Å². The molecule has 0 aliphatic rings. The lowest BCUT2D eigenvalue weighted by Gasteiger charge is -1.97. The van der Waals surface area contributed by atoms with Gasteiger partial charge in [0.05, 0.1) is 10.9 Å². The third kappa shape index (κ3) is 1.28. The summed E-state index contributed by atoms with van der Waals surface area (Å²) in [5.41, 5.74) is 2.55. The van der Waals surface area contributed by atoms with Crippen molar-refractivity contribution in [2.75, 3.05) is 0 Å². The first-order chi connectivity index (χ1) is 7.25. The Morgan fingerprint density at radius 2 is 2.13 bits per heavy atom. The van der Waals surface area contributed by atoms with Gasteiger partial charge in [-0.1, -0.05) is 23.2 Å². The van der Waals surface area contributed by atoms with Crippen LogP contribution < -0.4 is 4.98 Å². The maximum Gasteiger partial charge on any atom is 0.240 e. The third-order valence-electron chi connectivity index (χ3n) is 2.34. The second-order valence-electron chi connectivity index (χ2n) is 3.25. The van der Waals surface area contributed by atoms with E-state index in [0.29, 0.717) is 10.2 Å². The summed E-state index contributed by atoms with van der Waals surface area (Å²) >= 11 is 12.0. The smallest absolute Gasteiger partial charge is 0.240 e. The summed E-state index contributed by atoms with van der Waals surface area (Å²) in [4.78, 5) is 10.4. The SMILES string of the molecule is Clc1ccc2nc(Cl)c3[nH]c[nH+]c3c2c1. The summed E-state index contributed by atoms with van der Waals surface area (Å²) in [5, 5.41) is 2.10. The summed E-state index contributed by atoms with van der Waals surface area (Å²) in [6.07, 6.45) is 1.72. The Balaban J connectivity index is 2.61. The predicted molar refractivity (Wildman–Crippen MR) is 60.2 cm³/mol. The molecule has 0 saturated carbocycles. The number of hydrogen-bond donors (Lipinski definition) is 1. The number of aromatic amines is 2. The Kier molecular flexibility index (Phi) is 1.84. The molecule has 3 nitrogen and oxygen atoms in total. The molecule has 0 amide bonds. The van der Waals surface area contributed by atoms with Gasteiger partial charge in [0.15, 0.2) is 10.7 Å². The molecule has 0 radical (unpaired) electrons. The monoisotopic (exact) mass is 238 g/mol. The average Bonchev–Trinajstić information content (AvgIpc) is 2.69. The van der Waals surface area contributed by atoms with Crippen molar-refractivity contribution < 1.29 is 4.98 Å². The third-order valence-corrected chi connectivity index (χ3v) is 2.84. The van der Waals surface area contributed by atoms with Crippen LogP contribution in [0.5, 0.6) is 0 Å². The number of rotatable bonds is 0. The number of benzene rings is 1. The van der Waals surface area contributed by atoms with Crippen molar-refractivity contribution in [1.82, 2.24) is 9.97 Å². The van der Waals surface area contributed by atoms with Crippen LogP contribution in [0.3, 0.4) is 0 Å². The van der Waals surface area contributed by atoms with E-state index in [9.17, 15) is 0 Å². The van der Waals surface area contributed by atoms with Crippen molar-refractivity contribution in [2.45, 2.75) is 0 Å². The van der Waals surface area contributed by atoms with Crippen LogP contribution in [0, 0.1) is 0 Å². The number of imidazole rings is 1. The summed E-state index contributed by atoms with van der Waals surface area (Å²) in [6, 6.07) is 5.52. The predicted octanol–water partition coefficient (Wildman–Crippen LogP) is 2.84. The first kappa shape index (κ1) is 8.95. The summed E-state index contributed by atoms with van der Waals surface area (Å²) in [6.45, 7) is 0. The van der Waals surface area contributed by atoms with Crippen LogP contribution in [0.2, 0.25) is 10.2 Å². The average molecular weight is 239 g/mol. The van der Waals surface area contributed by atoms with Crippen LogP contribution in [0.4, 0.5) is 0 Å². The number of aromatic nitrogens is 3. The highest BCUT2D eigenvalue weighted by Crippen LogP contribution is 2.26. The van der Waals surface area contributed by atoms with Gasteiger partial charge in [-0.3, -0.25) is 0 Å². The van der Waals surface area contributed by atoms with Gasteiger partial charge in [0.2, 0.25) is 11.8 Å². The number of nitrogens with one attached hydrogen (secondary N) is 2. The van der Waals surface area contributed by atoms with Crippen molar-refractivity contribution >= 4 is 45.1 Å². The molecular formula is C10H6Cl2N3+. The maximum absolute atomic E-state index is 6.02. The minimum Gasteiger partial charge on any atom is -0.243 e. The molecule has 3 rings (SSSR count). The zero-order chi connectivity index (χ0) is 10.4. The first-order valence-electron chi connectivity index (χ1n) is 4.39. The van der Waals surface area contributed by atoms with E-state index in [0.717, 1.165) is 21.9 Å². The summed E-state index contributed by atoms with van der Waals surface area (Å²) in [5.74, 6) is 0. The molecule has 74 valence electrons. The summed E-state index contributed by atoms with van der Waals surface area (Å²) < 4.78 is 0. The molecule has 0 aliphatic carbocycles. The number of H-pyrrole nitrogens is 2. The molecule has 2 heterocycles. The number of halogens is 2. The van der Waals surface area contributed by atoms with E-state index >= 15 is 0 Å². The van der Waals surface area contributed by atoms with Crippen LogP contribution in [0.1, 0.15) is 0 Å². The quantitative estimate of drug-likeness (QED) is 0.602. The van der Waals surface area contributed by atoms with Crippen LogP contribution in [-0.2, 0) is 0 Å². The Hall–Kier alpha value is -1.32. The van der Waals surface area contributed by atoms with Gasteiger partial charge >= 0.3 is 0 Å². The zero-order valence-electron chi connectivity index (χ0n) is 7.51. The highest BCUT2D eigenvalue weighted by molar-refractivity contribution is 6.35. The van der Waals surface area contributed by atoms with E-state index in [1.165, 1.54) is 0 Å². The van der Waals surface area contributed by atoms with E-state index in [-0.39, 0.29) is 0 Å². The number of nitrogens with zero attached hydrogens (tertiary/aromatic N) is 1. The number of fused-ring (bicyclic) bond motifs is 3. The molecule has 5 heteroatoms. The molecule has 2 aromatic heterocycles. The molecular weight excluding hydrogens is 233 g/mol. The highest BCUT2D eigenvalue weighted by atomic mass is 35.5. The Labute approximate surface area is 95.0 Å². The van der Waals surface area contributed by atoms with E-state index < -0.39 is 0 Å². The maximum atomic E-state index is 6.02. The molecule has 0 aliphatic heterocycles. The largest absolute Gasteiger partial charge is 0.243 e. The minimum atomic E-state index is 0.459. The van der Waals surface area contributed by atoms with Crippen molar-refractivity contribution in [2.24, 2.45) is 0 Å². The van der Waals surface area contributed by atoms with Crippen LogP contribution in [0.15, 0.2) is 24.5 Å². The summed E-state index contributed by atoms with van der Waals surface area (Å²) in [7, 11) is 0. The minimum absolute atomic E-state index is 0.459. The Morgan fingerprint density at radius 3 is 3.00 bits per heavy atom. The fourth-order valence-corrected chi connectivity index (χ4v) is 2.08. The second kappa shape index (κ2) is 3.08. The fraction of sp³-hybridized carbons (Fsp3) is 0. The van der Waals surface area contributed by atoms with Gasteiger partial charge in [-0.05, 0) is 18.2 Å². The van der Waals surface area contributed by atoms with Crippen molar-refractivity contribution in [1.29, 1.82) is 0 Å². The lowest BCUT2D eigenvalue weighted by molar-refractivity contribution is -0.343. The highest BCUT2D eigenvalue weighted by Gasteiger charge is 2.13. The van der Waals surface area contributed by atoms with Gasteiger partial charge in [-0.25, -0.2) is 15.0 Å². The van der Waals surface area contributed by atoms with Gasteiger partial charge in [0, 0.05) is 5.02 Å². The van der Waals surface area contributed by atoms with Crippen LogP contribution in [-0.4, -0.2) is 9.97 Å². The van der Waals surface area contributed by atoms with Crippen molar-refractivity contribution in [3.8, 4) is 0 Å². The lowest BCUT2D eigenvalue weighted by atomic mass is 10.2. The van der Waals surface area contributed by atoms with Crippen LogP contribution in [0.25, 0.3) is 21.9 Å². The van der Waals surface area contributed by atoms with E-state index in [4.69, 9.17) is 23.2 Å². The molecule has 0 atom stereocenters. The van der Waals surface area contributed by atoms with Gasteiger partial charge in [0.1, 0.15) is 0 Å². The van der Waals surface area contributed by atoms with Gasteiger partial charge in [0.25, 0.3) is 0 Å². The zero-order valence-corrected chi connectivity index (χ0v) is 9.02. The lowest BCUT2D eigenvalue weighted by Crippen LogP contribution is -1.96. The molecule has 0 spiro atoms. The van der Waals surface area contributed by atoms with Gasteiger partial charge in [-0.15, -0.1) is 0 Å². The molecule has 0 bridgehead atoms. The second-order valence-corrected chi connectivity index (χ2v) is 4.04. The Bertz CT molecular complexity index is 660. The van der Waals surface area contributed by atoms with Gasteiger partial charge in [-0.2, -0.15) is 0 Å². The number of pyridine rings is 1. The topological polar surface area (TPSA) is 42.8 Å². The normalized spacial score (nSPS) is 11.3. The van der Waals surface area contributed by atoms with Crippen LogP contribution >= 0.6 is 23.2 Å². The fourth-order valence-electron chi connectivity index (χ4n) is 1.67.